The molecule has 2 aromatic heterocycles. The molecule has 0 bridgehead atoms. The highest BCUT2D eigenvalue weighted by Crippen LogP contribution is 2.42. The third kappa shape index (κ3) is 13.9. The van der Waals surface area contributed by atoms with E-state index in [1.807, 2.05) is 68.4 Å². The smallest absolute Gasteiger partial charge is 0.338 e. The number of aryl methyl sites for hydroxylation is 1. The van der Waals surface area contributed by atoms with Crippen molar-refractivity contribution in [3.63, 3.8) is 0 Å². The van der Waals surface area contributed by atoms with Gasteiger partial charge >= 0.3 is 5.97 Å². The van der Waals surface area contributed by atoms with Gasteiger partial charge in [-0.15, -0.1) is 10.2 Å². The first-order chi connectivity index (χ1) is 41.5. The summed E-state index contributed by atoms with van der Waals surface area (Å²) in [6.45, 7) is 4.36. The number of hydrogen-bond donors (Lipinski definition) is 9. The number of hydrogen-bond acceptors (Lipinski definition) is 23. The van der Waals surface area contributed by atoms with Gasteiger partial charge in [-0.3, -0.25) is 9.59 Å². The molecule has 5 aliphatic rings. The van der Waals surface area contributed by atoms with Gasteiger partial charge < -0.3 is 89.0 Å². The van der Waals surface area contributed by atoms with E-state index in [4.69, 9.17) is 37.9 Å². The van der Waals surface area contributed by atoms with Crippen LogP contribution in [0, 0.1) is 12.8 Å². The van der Waals surface area contributed by atoms with Crippen molar-refractivity contribution in [1.29, 1.82) is 0 Å². The van der Waals surface area contributed by atoms with Gasteiger partial charge in [0.2, 0.25) is 5.91 Å². The SMILES string of the molecule is CCC[C@H](OC1C(OC(=O)c2ccccc2)[C@H](O[C@@H]2CC(C(=O)NCCO[C@H]3O[C@H](CO)[C@@H](O)C(n4cc(-c5cccc(C)c5)nn4)C3O)C[C@@H](n3cc(-c4ccccc4)nn3)C2O[C@@H]2OC(C)[C@@H](O)[C@H](O)C2O)OC(CO)[C@@H]1O)C(=O)N1CCC1. The van der Waals surface area contributed by atoms with E-state index in [0.717, 1.165) is 17.5 Å². The number of ether oxygens (including phenoxy) is 8. The van der Waals surface area contributed by atoms with E-state index in [9.17, 15) is 55.2 Å². The Kier molecular flexibility index (Phi) is 20.6. The maximum atomic E-state index is 14.8. The summed E-state index contributed by atoms with van der Waals surface area (Å²) in [5.74, 6) is -2.81. The third-order valence-corrected chi connectivity index (χ3v) is 16.5. The Morgan fingerprint density at radius 3 is 2.05 bits per heavy atom. The minimum atomic E-state index is -1.83. The Bertz CT molecular complexity index is 3010. The summed E-state index contributed by atoms with van der Waals surface area (Å²) in [7, 11) is 0. The second-order valence-corrected chi connectivity index (χ2v) is 22.5. The zero-order valence-electron chi connectivity index (χ0n) is 47.8. The average Bonchev–Trinajstić information content (AvgIpc) is 1.46. The summed E-state index contributed by atoms with van der Waals surface area (Å²) in [5.41, 5.74) is 3.41. The molecule has 2 amide bonds. The number of esters is 1. The molecule has 5 fully saturated rings. The minimum absolute atomic E-state index is 0.0675. The fourth-order valence-corrected chi connectivity index (χ4v) is 11.6. The average molecular weight is 1200 g/mol. The molecule has 3 aromatic carbocycles. The van der Waals surface area contributed by atoms with E-state index in [1.54, 1.807) is 35.5 Å². The maximum Gasteiger partial charge on any atom is 0.338 e. The van der Waals surface area contributed by atoms with Crippen LogP contribution in [0.5, 0.6) is 0 Å². The molecule has 9 N–H and O–H groups in total. The predicted molar refractivity (Wildman–Crippen MR) is 297 cm³/mol. The third-order valence-electron chi connectivity index (χ3n) is 16.5. The van der Waals surface area contributed by atoms with Crippen LogP contribution < -0.4 is 5.32 Å². The summed E-state index contributed by atoms with van der Waals surface area (Å²) < 4.78 is 53.3. The van der Waals surface area contributed by atoms with Crippen molar-refractivity contribution in [3.8, 4) is 22.5 Å². The summed E-state index contributed by atoms with van der Waals surface area (Å²) in [6.07, 6.45) is -21.1. The van der Waals surface area contributed by atoms with Gasteiger partial charge in [0.05, 0.1) is 56.0 Å². The predicted octanol–water partition coefficient (Wildman–Crippen LogP) is -0.0360. The molecule has 9 unspecified atom stereocenters. The molecule has 10 rings (SSSR count). The first kappa shape index (κ1) is 62.8. The summed E-state index contributed by atoms with van der Waals surface area (Å²) >= 11 is 0. The number of rotatable bonds is 22. The lowest BCUT2D eigenvalue weighted by atomic mass is 9.80. The fraction of sp³-hybridized carbons (Fsp3) is 0.576. The second kappa shape index (κ2) is 28.3. The standard InChI is InChI=1S/C59H76N8O19/c1-4-13-40(55(77)65-21-12-22-65)81-52-47(72)43(30-69)84-59(53(52)85-56(78)34-17-9-6-10-18-34)82-41-26-36(25-39(66-27-37(61-63-66)33-15-7-5-8-16-33)51(41)86-58-50(75)49(74)45(70)32(3)80-58)54(76)60-20-23-79-57-48(73)44(46(71)42(29-68)83-57)67-28-38(62-64-67)35-19-11-14-31(2)24-35/h5-11,14-19,24,27-28,32,36,39-53,57-59,68-75H,4,12-13,20-23,25-26,29-30H2,1-3H3,(H,60,76)/t32?,36?,39-,40+,41-,42-,43?,44?,45-,46-,47+,48?,49+,50?,51?,52?,53?,57+,58+,59-/m1/s1. The Hall–Kier alpha value is -6.25. The van der Waals surface area contributed by atoms with Crippen LogP contribution in [0.3, 0.4) is 0 Å². The van der Waals surface area contributed by atoms with E-state index in [-0.39, 0.29) is 43.9 Å². The van der Waals surface area contributed by atoms with E-state index < -0.39 is 147 Å². The van der Waals surface area contributed by atoms with Crippen LogP contribution >= 0.6 is 0 Å². The lowest BCUT2D eigenvalue weighted by molar-refractivity contribution is -0.348. The Labute approximate surface area is 495 Å². The van der Waals surface area contributed by atoms with Crippen LogP contribution in [-0.2, 0) is 47.5 Å². The molecule has 4 aliphatic heterocycles. The molecule has 1 saturated carbocycles. The molecular weight excluding hydrogens is 1120 g/mol. The Morgan fingerprint density at radius 1 is 0.698 bits per heavy atom. The summed E-state index contributed by atoms with van der Waals surface area (Å²) in [6, 6.07) is 22.3. The highest BCUT2D eigenvalue weighted by molar-refractivity contribution is 5.89. The molecule has 466 valence electrons. The van der Waals surface area contributed by atoms with Crippen molar-refractivity contribution >= 4 is 17.8 Å². The van der Waals surface area contributed by atoms with Gasteiger partial charge in [-0.25, -0.2) is 14.2 Å². The van der Waals surface area contributed by atoms with E-state index in [2.05, 4.69) is 25.9 Å². The quantitative estimate of drug-likeness (QED) is 0.0324. The van der Waals surface area contributed by atoms with Crippen LogP contribution in [-0.4, -0.2) is 237 Å². The van der Waals surface area contributed by atoms with Crippen molar-refractivity contribution in [3.05, 3.63) is 108 Å². The van der Waals surface area contributed by atoms with Gasteiger partial charge in [0.25, 0.3) is 5.91 Å². The minimum Gasteiger partial charge on any atom is -0.450 e. The molecule has 4 saturated heterocycles. The summed E-state index contributed by atoms with van der Waals surface area (Å²) in [5, 5.41) is 110. The summed E-state index contributed by atoms with van der Waals surface area (Å²) in [4.78, 5) is 44.6. The number of carbonyl (C=O) groups excluding carboxylic acids is 3. The number of nitrogens with one attached hydrogen (secondary N) is 1. The van der Waals surface area contributed by atoms with Crippen LogP contribution in [0.1, 0.15) is 74.0 Å². The normalized spacial score (nSPS) is 33.3. The molecule has 6 heterocycles. The van der Waals surface area contributed by atoms with Crippen LogP contribution in [0.2, 0.25) is 0 Å². The van der Waals surface area contributed by atoms with Gasteiger partial charge in [-0.2, -0.15) is 0 Å². The van der Waals surface area contributed by atoms with Crippen molar-refractivity contribution < 1.29 is 93.1 Å². The second-order valence-electron chi connectivity index (χ2n) is 22.5. The van der Waals surface area contributed by atoms with Gasteiger partial charge in [0.15, 0.2) is 25.0 Å². The van der Waals surface area contributed by atoms with Crippen LogP contribution in [0.25, 0.3) is 22.5 Å². The molecule has 0 spiro atoms. The van der Waals surface area contributed by atoms with Crippen LogP contribution in [0.4, 0.5) is 0 Å². The zero-order valence-corrected chi connectivity index (χ0v) is 47.8. The maximum absolute atomic E-state index is 14.8. The number of aliphatic hydroxyl groups is 8. The molecule has 20 atom stereocenters. The van der Waals surface area contributed by atoms with Crippen molar-refractivity contribution in [1.82, 2.24) is 40.2 Å². The fourth-order valence-electron chi connectivity index (χ4n) is 11.6. The molecule has 27 nitrogen and oxygen atoms in total. The van der Waals surface area contributed by atoms with Crippen molar-refractivity contribution in [2.45, 2.75) is 169 Å². The van der Waals surface area contributed by atoms with Gasteiger partial charge in [-0.1, -0.05) is 96.1 Å². The monoisotopic (exact) mass is 1200 g/mol. The number of carbonyl (C=O) groups is 3. The molecule has 5 aromatic rings. The molecule has 27 heteroatoms. The first-order valence-corrected chi connectivity index (χ1v) is 29.2. The molecule has 1 aliphatic carbocycles. The van der Waals surface area contributed by atoms with E-state index in [1.165, 1.54) is 28.4 Å². The number of likely N-dealkylation sites (tertiary alicyclic amines) is 1. The van der Waals surface area contributed by atoms with Crippen molar-refractivity contribution in [2.24, 2.45) is 5.92 Å². The number of benzene rings is 3. The first-order valence-electron chi connectivity index (χ1n) is 29.2. The highest BCUT2D eigenvalue weighted by Gasteiger charge is 2.55. The highest BCUT2D eigenvalue weighted by atomic mass is 16.7. The Balaban J connectivity index is 0.957. The molecule has 0 radical (unpaired) electrons. The lowest BCUT2D eigenvalue weighted by Crippen LogP contribution is -2.64. The topological polar surface area (TPSA) is 364 Å². The zero-order chi connectivity index (χ0) is 60.8. The number of aliphatic hydroxyl groups excluding tert-OH is 8. The lowest BCUT2D eigenvalue weighted by Gasteiger charge is -2.48. The number of nitrogens with zero attached hydrogens (tertiary/aromatic N) is 7. The number of amides is 2. The Morgan fingerprint density at radius 2 is 1.36 bits per heavy atom. The molecule has 86 heavy (non-hydrogen) atoms. The van der Waals surface area contributed by atoms with E-state index in [0.29, 0.717) is 36.5 Å². The van der Waals surface area contributed by atoms with E-state index >= 15 is 0 Å². The van der Waals surface area contributed by atoms with Gasteiger partial charge in [0, 0.05) is 36.7 Å². The van der Waals surface area contributed by atoms with Crippen molar-refractivity contribution in [2.75, 3.05) is 39.5 Å². The molecular formula is C59H76N8O19. The number of aromatic nitrogens is 6. The van der Waals surface area contributed by atoms with Crippen LogP contribution in [0.15, 0.2) is 97.3 Å². The largest absolute Gasteiger partial charge is 0.450 e. The van der Waals surface area contributed by atoms with Gasteiger partial charge in [-0.05, 0) is 57.7 Å². The van der Waals surface area contributed by atoms with Gasteiger partial charge in [0.1, 0.15) is 84.6 Å².